The molecule has 3 rings (SSSR count). The van der Waals surface area contributed by atoms with E-state index in [1.165, 1.54) is 0 Å². The SMILES string of the molecule is NCc1nc(CN2CCCC(Oc3ccc(Cl)c(Cl)c3)C2)no1. The van der Waals surface area contributed by atoms with E-state index in [0.29, 0.717) is 28.3 Å². The molecule has 2 N–H and O–H groups in total. The monoisotopic (exact) mass is 356 g/mol. The Labute approximate surface area is 144 Å². The van der Waals surface area contributed by atoms with E-state index in [4.69, 9.17) is 38.2 Å². The van der Waals surface area contributed by atoms with Crippen LogP contribution >= 0.6 is 23.2 Å². The largest absolute Gasteiger partial charge is 0.489 e. The number of rotatable bonds is 5. The molecule has 0 aliphatic carbocycles. The summed E-state index contributed by atoms with van der Waals surface area (Å²) in [7, 11) is 0. The molecule has 1 aliphatic rings. The molecule has 1 atom stereocenters. The highest BCUT2D eigenvalue weighted by atomic mass is 35.5. The van der Waals surface area contributed by atoms with Crippen molar-refractivity contribution in [3.63, 3.8) is 0 Å². The predicted molar refractivity (Wildman–Crippen MR) is 87.6 cm³/mol. The van der Waals surface area contributed by atoms with Crippen LogP contribution in [0.25, 0.3) is 0 Å². The van der Waals surface area contributed by atoms with E-state index in [1.54, 1.807) is 12.1 Å². The maximum atomic E-state index is 6.02. The summed E-state index contributed by atoms with van der Waals surface area (Å²) in [5, 5.41) is 4.95. The standard InChI is InChI=1S/C15H18Cl2N4O2/c16-12-4-3-10(6-13(12)17)22-11-2-1-5-21(8-11)9-14-19-15(7-18)23-20-14/h3-4,6,11H,1-2,5,7-9,18H2. The minimum Gasteiger partial charge on any atom is -0.489 e. The van der Waals surface area contributed by atoms with Crippen LogP contribution < -0.4 is 10.5 Å². The number of piperidine rings is 1. The summed E-state index contributed by atoms with van der Waals surface area (Å²) in [5.41, 5.74) is 5.48. The Balaban J connectivity index is 1.58. The van der Waals surface area contributed by atoms with Crippen LogP contribution in [0.4, 0.5) is 0 Å². The molecule has 0 amide bonds. The number of nitrogens with zero attached hydrogens (tertiary/aromatic N) is 3. The van der Waals surface area contributed by atoms with Gasteiger partial charge in [-0.3, -0.25) is 4.90 Å². The average Bonchev–Trinajstić information content (AvgIpc) is 2.99. The molecule has 0 radical (unpaired) electrons. The van der Waals surface area contributed by atoms with Gasteiger partial charge in [-0.1, -0.05) is 28.4 Å². The number of benzene rings is 1. The van der Waals surface area contributed by atoms with Gasteiger partial charge < -0.3 is 15.0 Å². The second kappa shape index (κ2) is 7.49. The summed E-state index contributed by atoms with van der Waals surface area (Å²) >= 11 is 11.9. The van der Waals surface area contributed by atoms with Crippen molar-refractivity contribution in [2.24, 2.45) is 5.73 Å². The Kier molecular flexibility index (Phi) is 5.38. The smallest absolute Gasteiger partial charge is 0.240 e. The molecule has 1 aromatic heterocycles. The summed E-state index contributed by atoms with van der Waals surface area (Å²) in [6, 6.07) is 5.32. The molecular weight excluding hydrogens is 339 g/mol. The van der Waals surface area contributed by atoms with Gasteiger partial charge in [-0.15, -0.1) is 0 Å². The Hall–Kier alpha value is -1.34. The first-order valence-electron chi connectivity index (χ1n) is 7.49. The van der Waals surface area contributed by atoms with Gasteiger partial charge in [-0.25, -0.2) is 0 Å². The van der Waals surface area contributed by atoms with Crippen molar-refractivity contribution in [3.8, 4) is 5.75 Å². The Bertz CT molecular complexity index is 665. The first-order chi connectivity index (χ1) is 11.1. The lowest BCUT2D eigenvalue weighted by Crippen LogP contribution is -2.40. The molecule has 6 nitrogen and oxygen atoms in total. The van der Waals surface area contributed by atoms with Crippen LogP contribution in [0.1, 0.15) is 24.6 Å². The van der Waals surface area contributed by atoms with E-state index in [9.17, 15) is 0 Å². The van der Waals surface area contributed by atoms with Crippen LogP contribution in [0.5, 0.6) is 5.75 Å². The van der Waals surface area contributed by atoms with Crippen molar-refractivity contribution in [1.82, 2.24) is 15.0 Å². The molecule has 0 spiro atoms. The molecule has 1 aliphatic heterocycles. The van der Waals surface area contributed by atoms with E-state index in [2.05, 4.69) is 15.0 Å². The quantitative estimate of drug-likeness (QED) is 0.887. The summed E-state index contributed by atoms with van der Waals surface area (Å²) in [5.74, 6) is 1.84. The Morgan fingerprint density at radius 1 is 1.35 bits per heavy atom. The summed E-state index contributed by atoms with van der Waals surface area (Å²) in [6.07, 6.45) is 2.15. The molecule has 1 saturated heterocycles. The van der Waals surface area contributed by atoms with Gasteiger partial charge in [-0.2, -0.15) is 4.98 Å². The van der Waals surface area contributed by atoms with Gasteiger partial charge in [-0.05, 0) is 31.5 Å². The number of hydrogen-bond donors (Lipinski definition) is 1. The van der Waals surface area contributed by atoms with Gasteiger partial charge >= 0.3 is 0 Å². The fraction of sp³-hybridized carbons (Fsp3) is 0.467. The lowest BCUT2D eigenvalue weighted by molar-refractivity contribution is 0.0823. The van der Waals surface area contributed by atoms with Gasteiger partial charge in [0.05, 0.1) is 23.1 Å². The predicted octanol–water partition coefficient (Wildman–Crippen LogP) is 2.88. The molecule has 0 saturated carbocycles. The van der Waals surface area contributed by atoms with Crippen LogP contribution in [0.15, 0.2) is 22.7 Å². The molecule has 23 heavy (non-hydrogen) atoms. The molecule has 0 bridgehead atoms. The molecular formula is C15H18Cl2N4O2. The number of hydrogen-bond acceptors (Lipinski definition) is 6. The van der Waals surface area contributed by atoms with Crippen LogP contribution in [-0.4, -0.2) is 34.2 Å². The Morgan fingerprint density at radius 3 is 2.96 bits per heavy atom. The average molecular weight is 357 g/mol. The van der Waals surface area contributed by atoms with Crippen LogP contribution in [-0.2, 0) is 13.1 Å². The molecule has 1 unspecified atom stereocenters. The number of ether oxygens (including phenoxy) is 1. The first-order valence-corrected chi connectivity index (χ1v) is 8.25. The van der Waals surface area contributed by atoms with Crippen molar-refractivity contribution in [2.75, 3.05) is 13.1 Å². The highest BCUT2D eigenvalue weighted by molar-refractivity contribution is 6.42. The number of likely N-dealkylation sites (tertiary alicyclic amines) is 1. The minimum absolute atomic E-state index is 0.0990. The second-order valence-electron chi connectivity index (χ2n) is 5.50. The lowest BCUT2D eigenvalue weighted by Gasteiger charge is -2.32. The van der Waals surface area contributed by atoms with Crippen molar-refractivity contribution >= 4 is 23.2 Å². The third-order valence-corrected chi connectivity index (χ3v) is 4.44. The third kappa shape index (κ3) is 4.35. The van der Waals surface area contributed by atoms with E-state index in [0.717, 1.165) is 31.7 Å². The van der Waals surface area contributed by atoms with Gasteiger partial charge in [0.25, 0.3) is 0 Å². The van der Waals surface area contributed by atoms with Crippen molar-refractivity contribution in [1.29, 1.82) is 0 Å². The lowest BCUT2D eigenvalue weighted by atomic mass is 10.1. The van der Waals surface area contributed by atoms with Crippen molar-refractivity contribution < 1.29 is 9.26 Å². The van der Waals surface area contributed by atoms with Crippen LogP contribution in [0.3, 0.4) is 0 Å². The normalized spacial score (nSPS) is 19.0. The van der Waals surface area contributed by atoms with E-state index < -0.39 is 0 Å². The van der Waals surface area contributed by atoms with Crippen LogP contribution in [0, 0.1) is 0 Å². The number of halogens is 2. The first kappa shape index (κ1) is 16.5. The van der Waals surface area contributed by atoms with Crippen molar-refractivity contribution in [3.05, 3.63) is 40.0 Å². The van der Waals surface area contributed by atoms with Crippen molar-refractivity contribution in [2.45, 2.75) is 32.0 Å². The zero-order valence-corrected chi connectivity index (χ0v) is 14.1. The molecule has 1 fully saturated rings. The fourth-order valence-electron chi connectivity index (χ4n) is 2.63. The fourth-order valence-corrected chi connectivity index (χ4v) is 2.92. The summed E-state index contributed by atoms with van der Waals surface area (Å²) in [4.78, 5) is 6.48. The summed E-state index contributed by atoms with van der Waals surface area (Å²) < 4.78 is 11.0. The van der Waals surface area contributed by atoms with E-state index in [-0.39, 0.29) is 12.6 Å². The van der Waals surface area contributed by atoms with Gasteiger partial charge in [0, 0.05) is 12.6 Å². The van der Waals surface area contributed by atoms with E-state index >= 15 is 0 Å². The molecule has 2 heterocycles. The highest BCUT2D eigenvalue weighted by Crippen LogP contribution is 2.28. The topological polar surface area (TPSA) is 77.4 Å². The molecule has 124 valence electrons. The second-order valence-corrected chi connectivity index (χ2v) is 6.32. The van der Waals surface area contributed by atoms with Gasteiger partial charge in [0.1, 0.15) is 11.9 Å². The molecule has 1 aromatic carbocycles. The van der Waals surface area contributed by atoms with Crippen LogP contribution in [0.2, 0.25) is 10.0 Å². The maximum Gasteiger partial charge on any atom is 0.240 e. The summed E-state index contributed by atoms with van der Waals surface area (Å²) in [6.45, 7) is 2.67. The zero-order valence-electron chi connectivity index (χ0n) is 12.5. The minimum atomic E-state index is 0.0990. The third-order valence-electron chi connectivity index (χ3n) is 3.71. The highest BCUT2D eigenvalue weighted by Gasteiger charge is 2.23. The zero-order chi connectivity index (χ0) is 16.2. The van der Waals surface area contributed by atoms with E-state index in [1.807, 2.05) is 6.07 Å². The number of nitrogens with two attached hydrogens (primary N) is 1. The van der Waals surface area contributed by atoms with Gasteiger partial charge in [0.15, 0.2) is 5.82 Å². The Morgan fingerprint density at radius 2 is 2.22 bits per heavy atom. The molecule has 8 heteroatoms. The number of aromatic nitrogens is 2. The maximum absolute atomic E-state index is 6.02. The molecule has 2 aromatic rings. The van der Waals surface area contributed by atoms with Gasteiger partial charge in [0.2, 0.25) is 5.89 Å².